The Morgan fingerprint density at radius 3 is 2.56 bits per heavy atom. The third kappa shape index (κ3) is 3.95. The number of carbonyl (C=O) groups is 1. The molecule has 7 heteroatoms. The highest BCUT2D eigenvalue weighted by Crippen LogP contribution is 2.27. The van der Waals surface area contributed by atoms with E-state index < -0.39 is 0 Å². The van der Waals surface area contributed by atoms with E-state index in [1.807, 2.05) is 48.5 Å². The maximum absolute atomic E-state index is 12.5. The molecule has 6 nitrogen and oxygen atoms in total. The molecule has 0 radical (unpaired) electrons. The lowest BCUT2D eigenvalue weighted by Gasteiger charge is -2.07. The molecule has 0 saturated heterocycles. The summed E-state index contributed by atoms with van der Waals surface area (Å²) >= 11 is 1.07. The maximum atomic E-state index is 12.5. The van der Waals surface area contributed by atoms with Crippen LogP contribution in [0.1, 0.15) is 15.2 Å². The van der Waals surface area contributed by atoms with Crippen LogP contribution in [0.5, 0.6) is 11.5 Å². The summed E-state index contributed by atoms with van der Waals surface area (Å²) in [7, 11) is 3.22. The minimum absolute atomic E-state index is 0.205. The molecule has 3 aromatic rings. The highest BCUT2D eigenvalue weighted by atomic mass is 32.1. The number of methoxy groups -OCH3 is 2. The van der Waals surface area contributed by atoms with Crippen LogP contribution in [0.2, 0.25) is 0 Å². The Balaban J connectivity index is 1.73. The van der Waals surface area contributed by atoms with Crippen molar-refractivity contribution >= 4 is 17.4 Å². The van der Waals surface area contributed by atoms with E-state index in [1.54, 1.807) is 14.2 Å². The van der Waals surface area contributed by atoms with Crippen molar-refractivity contribution in [3.8, 4) is 22.8 Å². The molecule has 0 atom stereocenters. The number of carbonyl (C=O) groups excluding carboxylic acids is 1. The van der Waals surface area contributed by atoms with E-state index in [9.17, 15) is 4.79 Å². The first-order valence-electron chi connectivity index (χ1n) is 7.59. The van der Waals surface area contributed by atoms with E-state index in [1.165, 1.54) is 0 Å². The van der Waals surface area contributed by atoms with Crippen molar-refractivity contribution in [2.75, 3.05) is 14.2 Å². The van der Waals surface area contributed by atoms with Crippen molar-refractivity contribution < 1.29 is 14.3 Å². The van der Waals surface area contributed by atoms with Crippen LogP contribution in [0.25, 0.3) is 11.3 Å². The van der Waals surface area contributed by atoms with Crippen molar-refractivity contribution in [3.63, 3.8) is 0 Å². The van der Waals surface area contributed by atoms with Crippen LogP contribution in [0.3, 0.4) is 0 Å². The second-order valence-corrected chi connectivity index (χ2v) is 5.97. The van der Waals surface area contributed by atoms with Gasteiger partial charge in [0.05, 0.1) is 14.2 Å². The molecule has 0 aliphatic carbocycles. The lowest BCUT2D eigenvalue weighted by Crippen LogP contribution is -2.22. The molecule has 0 fully saturated rings. The number of nitrogens with one attached hydrogen (secondary N) is 1. The molecule has 1 aromatic heterocycles. The van der Waals surface area contributed by atoms with Crippen molar-refractivity contribution in [1.29, 1.82) is 0 Å². The van der Waals surface area contributed by atoms with Gasteiger partial charge in [-0.25, -0.2) is 0 Å². The van der Waals surface area contributed by atoms with Gasteiger partial charge < -0.3 is 14.8 Å². The molecule has 0 aliphatic heterocycles. The number of aromatic nitrogens is 2. The molecule has 128 valence electrons. The predicted molar refractivity (Wildman–Crippen MR) is 96.1 cm³/mol. The summed E-state index contributed by atoms with van der Waals surface area (Å²) in [5, 5.41) is 6.99. The fraction of sp³-hybridized carbons (Fsp3) is 0.167. The van der Waals surface area contributed by atoms with Gasteiger partial charge >= 0.3 is 0 Å². The summed E-state index contributed by atoms with van der Waals surface area (Å²) in [4.78, 5) is 13.0. The molecule has 3 rings (SSSR count). The fourth-order valence-corrected chi connectivity index (χ4v) is 2.91. The van der Waals surface area contributed by atoms with Crippen molar-refractivity contribution in [2.45, 2.75) is 6.54 Å². The Bertz CT molecular complexity index is 862. The van der Waals surface area contributed by atoms with Gasteiger partial charge in [0.15, 0.2) is 0 Å². The highest BCUT2D eigenvalue weighted by Gasteiger charge is 2.18. The second kappa shape index (κ2) is 7.76. The number of hydrogen-bond acceptors (Lipinski definition) is 6. The van der Waals surface area contributed by atoms with Gasteiger partial charge in [0.25, 0.3) is 5.91 Å². The van der Waals surface area contributed by atoms with Gasteiger partial charge in [-0.1, -0.05) is 28.8 Å². The molecule has 0 bridgehead atoms. The van der Waals surface area contributed by atoms with Crippen LogP contribution in [-0.4, -0.2) is 29.7 Å². The first-order valence-corrected chi connectivity index (χ1v) is 8.36. The van der Waals surface area contributed by atoms with E-state index in [2.05, 4.69) is 14.9 Å². The van der Waals surface area contributed by atoms with Crippen LogP contribution in [0.4, 0.5) is 0 Å². The van der Waals surface area contributed by atoms with Gasteiger partial charge in [-0.15, -0.1) is 5.10 Å². The van der Waals surface area contributed by atoms with Crippen molar-refractivity contribution in [2.24, 2.45) is 0 Å². The molecule has 1 heterocycles. The molecule has 1 N–H and O–H groups in total. The standard InChI is InChI=1S/C18H17N3O3S/c1-23-14-8-6-12(7-9-14)11-19-18(22)17-16(20-21-25-17)13-4-3-5-15(10-13)24-2/h3-10H,11H2,1-2H3,(H,19,22). The number of benzene rings is 2. The van der Waals surface area contributed by atoms with Crippen LogP contribution in [-0.2, 0) is 6.54 Å². The monoisotopic (exact) mass is 355 g/mol. The zero-order valence-electron chi connectivity index (χ0n) is 13.9. The molecule has 25 heavy (non-hydrogen) atoms. The topological polar surface area (TPSA) is 73.3 Å². The first-order chi connectivity index (χ1) is 12.2. The normalized spacial score (nSPS) is 10.3. The third-order valence-corrected chi connectivity index (χ3v) is 4.37. The largest absolute Gasteiger partial charge is 0.497 e. The van der Waals surface area contributed by atoms with Gasteiger partial charge in [0.2, 0.25) is 0 Å². The Labute approximate surface area is 149 Å². The summed E-state index contributed by atoms with van der Waals surface area (Å²) in [6.45, 7) is 0.415. The zero-order chi connectivity index (χ0) is 17.6. The van der Waals surface area contributed by atoms with E-state index in [4.69, 9.17) is 9.47 Å². The molecule has 0 aliphatic rings. The zero-order valence-corrected chi connectivity index (χ0v) is 14.7. The lowest BCUT2D eigenvalue weighted by molar-refractivity contribution is 0.0955. The van der Waals surface area contributed by atoms with E-state index in [0.717, 1.165) is 28.4 Å². The highest BCUT2D eigenvalue weighted by molar-refractivity contribution is 7.08. The third-order valence-electron chi connectivity index (χ3n) is 3.65. The molecule has 1 amide bonds. The summed E-state index contributed by atoms with van der Waals surface area (Å²) in [6.07, 6.45) is 0. The SMILES string of the molecule is COc1ccc(CNC(=O)c2snnc2-c2cccc(OC)c2)cc1. The summed E-state index contributed by atoms with van der Waals surface area (Å²) in [6, 6.07) is 14.9. The van der Waals surface area contributed by atoms with Gasteiger partial charge in [0.1, 0.15) is 22.1 Å². The quantitative estimate of drug-likeness (QED) is 0.735. The van der Waals surface area contributed by atoms with Gasteiger partial charge in [-0.05, 0) is 41.4 Å². The smallest absolute Gasteiger partial charge is 0.265 e. The average molecular weight is 355 g/mol. The molecule has 0 unspecified atom stereocenters. The number of hydrogen-bond donors (Lipinski definition) is 1. The van der Waals surface area contributed by atoms with Crippen LogP contribution in [0, 0.1) is 0 Å². The molecule has 0 spiro atoms. The van der Waals surface area contributed by atoms with Gasteiger partial charge in [-0.2, -0.15) is 0 Å². The number of nitrogens with zero attached hydrogens (tertiary/aromatic N) is 2. The van der Waals surface area contributed by atoms with Crippen LogP contribution >= 0.6 is 11.5 Å². The Kier molecular flexibility index (Phi) is 5.25. The fourth-order valence-electron chi connectivity index (χ4n) is 2.30. The van der Waals surface area contributed by atoms with Crippen molar-refractivity contribution in [3.05, 3.63) is 59.0 Å². The first kappa shape index (κ1) is 16.9. The van der Waals surface area contributed by atoms with Crippen LogP contribution < -0.4 is 14.8 Å². The molecule has 0 saturated carbocycles. The van der Waals surface area contributed by atoms with E-state index in [0.29, 0.717) is 22.9 Å². The summed E-state index contributed by atoms with van der Waals surface area (Å²) in [5.74, 6) is 1.28. The maximum Gasteiger partial charge on any atom is 0.265 e. The van der Waals surface area contributed by atoms with Gasteiger partial charge in [0, 0.05) is 12.1 Å². The lowest BCUT2D eigenvalue weighted by atomic mass is 10.1. The molecular formula is C18H17N3O3S. The number of amides is 1. The summed E-state index contributed by atoms with van der Waals surface area (Å²) in [5.41, 5.74) is 2.33. The predicted octanol–water partition coefficient (Wildman–Crippen LogP) is 3.15. The Morgan fingerprint density at radius 1 is 1.08 bits per heavy atom. The van der Waals surface area contributed by atoms with Crippen molar-refractivity contribution in [1.82, 2.24) is 14.9 Å². The van der Waals surface area contributed by atoms with Crippen LogP contribution in [0.15, 0.2) is 48.5 Å². The number of rotatable bonds is 6. The average Bonchev–Trinajstić information content (AvgIpc) is 3.16. The minimum atomic E-state index is -0.205. The molecule has 2 aromatic carbocycles. The van der Waals surface area contributed by atoms with Gasteiger partial charge in [-0.3, -0.25) is 4.79 Å². The number of ether oxygens (including phenoxy) is 2. The minimum Gasteiger partial charge on any atom is -0.497 e. The summed E-state index contributed by atoms with van der Waals surface area (Å²) < 4.78 is 14.3. The van der Waals surface area contributed by atoms with E-state index >= 15 is 0 Å². The Morgan fingerprint density at radius 2 is 1.84 bits per heavy atom. The van der Waals surface area contributed by atoms with E-state index in [-0.39, 0.29) is 5.91 Å². The molecular weight excluding hydrogens is 338 g/mol. The Hall–Kier alpha value is -2.93. The second-order valence-electron chi connectivity index (χ2n) is 5.21.